The molecule has 0 aliphatic heterocycles. The zero-order chi connectivity index (χ0) is 17.8. The SMILES string of the molecule is CC12CCCCC1CC(=O)C1C2CC[C@@]2(C)C1CC[C@@H]2CCC(=O)O. The van der Waals surface area contributed by atoms with Crippen molar-refractivity contribution in [3.8, 4) is 0 Å². The third kappa shape index (κ3) is 2.59. The van der Waals surface area contributed by atoms with Crippen molar-refractivity contribution in [1.82, 2.24) is 0 Å². The first-order valence-electron chi connectivity index (χ1n) is 10.6. The van der Waals surface area contributed by atoms with E-state index in [1.165, 1.54) is 38.5 Å². The van der Waals surface area contributed by atoms with Crippen molar-refractivity contribution in [3.05, 3.63) is 0 Å². The van der Waals surface area contributed by atoms with Gasteiger partial charge < -0.3 is 5.11 Å². The Morgan fingerprint density at radius 2 is 1.80 bits per heavy atom. The number of aliphatic carboxylic acids is 1. The number of Topliss-reactive ketones (excluding diaryl/α,β-unsaturated/α-hetero) is 1. The molecule has 3 nitrogen and oxygen atoms in total. The zero-order valence-corrected chi connectivity index (χ0v) is 15.9. The lowest BCUT2D eigenvalue weighted by atomic mass is 9.44. The third-order valence-electron chi connectivity index (χ3n) is 9.29. The molecule has 4 aliphatic rings. The molecule has 7 atom stereocenters. The largest absolute Gasteiger partial charge is 0.481 e. The second-order valence-electron chi connectivity index (χ2n) is 10.1. The fourth-order valence-electron chi connectivity index (χ4n) is 7.84. The second kappa shape index (κ2) is 6.09. The Labute approximate surface area is 151 Å². The van der Waals surface area contributed by atoms with Crippen LogP contribution in [-0.4, -0.2) is 16.9 Å². The molecule has 0 saturated heterocycles. The lowest BCUT2D eigenvalue weighted by Crippen LogP contribution is -2.56. The molecule has 1 N–H and O–H groups in total. The van der Waals surface area contributed by atoms with Gasteiger partial charge in [-0.2, -0.15) is 0 Å². The number of carbonyl (C=O) groups excluding carboxylic acids is 1. The topological polar surface area (TPSA) is 54.4 Å². The van der Waals surface area contributed by atoms with Gasteiger partial charge >= 0.3 is 5.97 Å². The van der Waals surface area contributed by atoms with Crippen LogP contribution in [0.2, 0.25) is 0 Å². The molecular weight excluding hydrogens is 312 g/mol. The summed E-state index contributed by atoms with van der Waals surface area (Å²) >= 11 is 0. The number of carboxylic acid groups (broad SMARTS) is 1. The van der Waals surface area contributed by atoms with Gasteiger partial charge in [-0.05, 0) is 79.4 Å². The summed E-state index contributed by atoms with van der Waals surface area (Å²) in [7, 11) is 0. The molecule has 4 rings (SSSR count). The van der Waals surface area contributed by atoms with E-state index >= 15 is 0 Å². The molecule has 0 aromatic carbocycles. The van der Waals surface area contributed by atoms with Crippen molar-refractivity contribution in [3.63, 3.8) is 0 Å². The fraction of sp³-hybridized carbons (Fsp3) is 0.909. The van der Waals surface area contributed by atoms with E-state index in [-0.39, 0.29) is 17.8 Å². The Hall–Kier alpha value is -0.860. The van der Waals surface area contributed by atoms with E-state index in [0.717, 1.165) is 25.7 Å². The Bertz CT molecular complexity index is 570. The molecule has 0 spiro atoms. The standard InChI is InChI=1S/C22H34O3/c1-21-11-4-3-5-15(21)13-18(23)20-16-8-6-14(7-9-19(24)25)22(16,2)12-10-17(20)21/h14-17,20H,3-13H2,1-2H3,(H,24,25)/t14-,15?,16?,17?,20?,21?,22-/m1/s1. The maximum atomic E-state index is 13.2. The van der Waals surface area contributed by atoms with E-state index in [2.05, 4.69) is 13.8 Å². The van der Waals surface area contributed by atoms with Crippen LogP contribution in [0.3, 0.4) is 0 Å². The summed E-state index contributed by atoms with van der Waals surface area (Å²) in [5.41, 5.74) is 0.585. The predicted octanol–water partition coefficient (Wildman–Crippen LogP) is 5.08. The van der Waals surface area contributed by atoms with Gasteiger partial charge in [0.2, 0.25) is 0 Å². The van der Waals surface area contributed by atoms with E-state index in [1.54, 1.807) is 0 Å². The van der Waals surface area contributed by atoms with E-state index in [4.69, 9.17) is 5.11 Å². The fourth-order valence-corrected chi connectivity index (χ4v) is 7.84. The zero-order valence-electron chi connectivity index (χ0n) is 15.9. The van der Waals surface area contributed by atoms with Crippen LogP contribution in [0.25, 0.3) is 0 Å². The summed E-state index contributed by atoms with van der Waals surface area (Å²) in [6.07, 6.45) is 11.8. The summed E-state index contributed by atoms with van der Waals surface area (Å²) in [5, 5.41) is 9.09. The Morgan fingerprint density at radius 1 is 1.04 bits per heavy atom. The Morgan fingerprint density at radius 3 is 2.56 bits per heavy atom. The molecule has 140 valence electrons. The van der Waals surface area contributed by atoms with Crippen LogP contribution in [0.15, 0.2) is 0 Å². The highest BCUT2D eigenvalue weighted by Crippen LogP contribution is 2.67. The van der Waals surface area contributed by atoms with Crippen LogP contribution in [0.1, 0.15) is 84.5 Å². The van der Waals surface area contributed by atoms with Gasteiger partial charge in [-0.1, -0.05) is 26.7 Å². The minimum atomic E-state index is -0.674. The second-order valence-corrected chi connectivity index (χ2v) is 10.1. The van der Waals surface area contributed by atoms with Crippen LogP contribution in [0, 0.1) is 40.4 Å². The first-order chi connectivity index (χ1) is 11.9. The molecule has 0 bridgehead atoms. The van der Waals surface area contributed by atoms with Crippen molar-refractivity contribution in [2.75, 3.05) is 0 Å². The van der Waals surface area contributed by atoms with Gasteiger partial charge in [0.25, 0.3) is 0 Å². The monoisotopic (exact) mass is 346 g/mol. The first-order valence-corrected chi connectivity index (χ1v) is 10.6. The normalized spacial score (nSPS) is 49.2. The highest BCUT2D eigenvalue weighted by atomic mass is 16.4. The molecule has 0 aromatic heterocycles. The third-order valence-corrected chi connectivity index (χ3v) is 9.29. The van der Waals surface area contributed by atoms with Gasteiger partial charge in [0, 0.05) is 18.8 Å². The minimum absolute atomic E-state index is 0.199. The average molecular weight is 347 g/mol. The lowest BCUT2D eigenvalue weighted by molar-refractivity contribution is -0.156. The van der Waals surface area contributed by atoms with Crippen molar-refractivity contribution in [1.29, 1.82) is 0 Å². The number of ketones is 1. The molecule has 0 heterocycles. The van der Waals surface area contributed by atoms with Gasteiger partial charge in [0.15, 0.2) is 0 Å². The number of carbonyl (C=O) groups is 2. The molecule has 25 heavy (non-hydrogen) atoms. The van der Waals surface area contributed by atoms with Crippen LogP contribution in [0.4, 0.5) is 0 Å². The first kappa shape index (κ1) is 17.5. The van der Waals surface area contributed by atoms with E-state index < -0.39 is 5.97 Å². The van der Waals surface area contributed by atoms with E-state index in [1.807, 2.05) is 0 Å². The van der Waals surface area contributed by atoms with Gasteiger partial charge in [-0.15, -0.1) is 0 Å². The molecule has 4 fully saturated rings. The minimum Gasteiger partial charge on any atom is -0.481 e. The highest BCUT2D eigenvalue weighted by molar-refractivity contribution is 5.83. The van der Waals surface area contributed by atoms with Crippen LogP contribution < -0.4 is 0 Å². The lowest BCUT2D eigenvalue weighted by Gasteiger charge is -2.59. The molecule has 5 unspecified atom stereocenters. The van der Waals surface area contributed by atoms with Crippen LogP contribution >= 0.6 is 0 Å². The number of carboxylic acids is 1. The maximum absolute atomic E-state index is 13.2. The van der Waals surface area contributed by atoms with Gasteiger partial charge in [-0.3, -0.25) is 9.59 Å². The molecule has 0 aromatic rings. The molecular formula is C22H34O3. The molecule has 4 aliphatic carbocycles. The van der Waals surface area contributed by atoms with E-state index in [9.17, 15) is 9.59 Å². The number of hydrogen-bond donors (Lipinski definition) is 1. The molecule has 0 radical (unpaired) electrons. The quantitative estimate of drug-likeness (QED) is 0.775. The van der Waals surface area contributed by atoms with Crippen LogP contribution in [-0.2, 0) is 9.59 Å². The smallest absolute Gasteiger partial charge is 0.303 e. The number of fused-ring (bicyclic) bond motifs is 5. The Kier molecular flexibility index (Phi) is 4.28. The number of hydrogen-bond acceptors (Lipinski definition) is 2. The van der Waals surface area contributed by atoms with Crippen molar-refractivity contribution >= 4 is 11.8 Å². The summed E-state index contributed by atoms with van der Waals surface area (Å²) in [6.45, 7) is 4.89. The molecule has 3 heteroatoms. The van der Waals surface area contributed by atoms with Crippen LogP contribution in [0.5, 0.6) is 0 Å². The average Bonchev–Trinajstić information content (AvgIpc) is 2.90. The van der Waals surface area contributed by atoms with E-state index in [0.29, 0.717) is 34.9 Å². The summed E-state index contributed by atoms with van der Waals surface area (Å²) < 4.78 is 0. The van der Waals surface area contributed by atoms with Crippen molar-refractivity contribution < 1.29 is 14.7 Å². The van der Waals surface area contributed by atoms with Gasteiger partial charge in [-0.25, -0.2) is 0 Å². The summed E-state index contributed by atoms with van der Waals surface area (Å²) in [6, 6.07) is 0. The van der Waals surface area contributed by atoms with Crippen molar-refractivity contribution in [2.45, 2.75) is 84.5 Å². The van der Waals surface area contributed by atoms with Gasteiger partial charge in [0.1, 0.15) is 5.78 Å². The predicted molar refractivity (Wildman–Crippen MR) is 97.1 cm³/mol. The number of rotatable bonds is 3. The molecule has 4 saturated carbocycles. The highest BCUT2D eigenvalue weighted by Gasteiger charge is 2.61. The summed E-state index contributed by atoms with van der Waals surface area (Å²) in [5.74, 6) is 2.39. The molecule has 0 amide bonds. The summed E-state index contributed by atoms with van der Waals surface area (Å²) in [4.78, 5) is 24.2. The Balaban J connectivity index is 1.59. The van der Waals surface area contributed by atoms with Gasteiger partial charge in [0.05, 0.1) is 0 Å². The van der Waals surface area contributed by atoms with Crippen molar-refractivity contribution in [2.24, 2.45) is 40.4 Å². The maximum Gasteiger partial charge on any atom is 0.303 e.